The van der Waals surface area contributed by atoms with Crippen molar-refractivity contribution in [2.75, 3.05) is 24.2 Å². The van der Waals surface area contributed by atoms with E-state index in [-0.39, 0.29) is 17.4 Å². The topological polar surface area (TPSA) is 71.1 Å². The van der Waals surface area contributed by atoms with E-state index in [1.54, 1.807) is 0 Å². The van der Waals surface area contributed by atoms with Crippen LogP contribution in [-0.2, 0) is 16.2 Å². The molecule has 1 aliphatic carbocycles. The van der Waals surface area contributed by atoms with Crippen molar-refractivity contribution in [3.8, 4) is 0 Å². The van der Waals surface area contributed by atoms with E-state index in [0.717, 1.165) is 36.0 Å². The highest BCUT2D eigenvalue weighted by Gasteiger charge is 2.33. The predicted molar refractivity (Wildman–Crippen MR) is 74.7 cm³/mol. The third-order valence-corrected chi connectivity index (χ3v) is 5.41. The highest BCUT2D eigenvalue weighted by atomic mass is 32.2. The van der Waals surface area contributed by atoms with Crippen LogP contribution >= 0.6 is 11.3 Å². The molecule has 1 fully saturated rings. The summed E-state index contributed by atoms with van der Waals surface area (Å²) in [6.45, 7) is 0.461. The second-order valence-electron chi connectivity index (χ2n) is 4.93. The molecular weight excluding hydrogens is 327 g/mol. The third-order valence-electron chi connectivity index (χ3n) is 3.26. The van der Waals surface area contributed by atoms with Crippen LogP contribution in [0.4, 0.5) is 18.3 Å². The maximum absolute atomic E-state index is 12.3. The van der Waals surface area contributed by atoms with E-state index in [9.17, 15) is 21.6 Å². The number of alkyl halides is 3. The molecule has 2 rings (SSSR count). The van der Waals surface area contributed by atoms with Crippen LogP contribution in [0.1, 0.15) is 25.0 Å². The van der Waals surface area contributed by atoms with Crippen LogP contribution in [0.2, 0.25) is 0 Å². The summed E-state index contributed by atoms with van der Waals surface area (Å²) >= 11 is 0.801. The SMILES string of the molecule is O=S(=O)(CCNc1nc(C(F)(F)F)cs1)NCC1CCC1. The van der Waals surface area contributed by atoms with Crippen LogP contribution in [0.25, 0.3) is 0 Å². The lowest BCUT2D eigenvalue weighted by Gasteiger charge is -2.25. The van der Waals surface area contributed by atoms with Gasteiger partial charge in [-0.3, -0.25) is 0 Å². The molecule has 1 heterocycles. The van der Waals surface area contributed by atoms with Gasteiger partial charge < -0.3 is 5.32 Å². The number of aromatic nitrogens is 1. The normalized spacial score (nSPS) is 16.7. The van der Waals surface area contributed by atoms with Crippen LogP contribution in [0.3, 0.4) is 0 Å². The highest BCUT2D eigenvalue weighted by Crippen LogP contribution is 2.31. The minimum Gasteiger partial charge on any atom is -0.360 e. The minimum absolute atomic E-state index is 0.0187. The molecule has 0 aromatic carbocycles. The maximum atomic E-state index is 12.3. The Kier molecular flexibility index (Phi) is 5.10. The Morgan fingerprint density at radius 1 is 1.38 bits per heavy atom. The van der Waals surface area contributed by atoms with Crippen molar-refractivity contribution in [2.45, 2.75) is 25.4 Å². The van der Waals surface area contributed by atoms with Crippen molar-refractivity contribution in [3.05, 3.63) is 11.1 Å². The summed E-state index contributed by atoms with van der Waals surface area (Å²) in [5, 5.41) is 3.56. The first-order valence-electron chi connectivity index (χ1n) is 6.50. The molecule has 0 spiro atoms. The number of anilines is 1. The lowest BCUT2D eigenvalue weighted by Crippen LogP contribution is -2.35. The van der Waals surface area contributed by atoms with E-state index in [1.165, 1.54) is 0 Å². The number of halogens is 3. The molecule has 0 bridgehead atoms. The van der Waals surface area contributed by atoms with Crippen LogP contribution in [0.5, 0.6) is 0 Å². The van der Waals surface area contributed by atoms with E-state index >= 15 is 0 Å². The number of rotatable bonds is 7. The Labute approximate surface area is 125 Å². The lowest BCUT2D eigenvalue weighted by atomic mass is 9.86. The Morgan fingerprint density at radius 2 is 2.10 bits per heavy atom. The van der Waals surface area contributed by atoms with Gasteiger partial charge in [0.25, 0.3) is 0 Å². The molecular formula is C11H16F3N3O2S2. The summed E-state index contributed by atoms with van der Waals surface area (Å²) in [4.78, 5) is 3.36. The molecule has 21 heavy (non-hydrogen) atoms. The average molecular weight is 343 g/mol. The fraction of sp³-hybridized carbons (Fsp3) is 0.727. The molecule has 0 aliphatic heterocycles. The summed E-state index contributed by atoms with van der Waals surface area (Å²) in [6, 6.07) is 0. The maximum Gasteiger partial charge on any atom is 0.434 e. The van der Waals surface area contributed by atoms with Gasteiger partial charge in [-0.05, 0) is 18.8 Å². The van der Waals surface area contributed by atoms with Gasteiger partial charge in [0, 0.05) is 18.5 Å². The molecule has 120 valence electrons. The number of hydrogen-bond donors (Lipinski definition) is 2. The Morgan fingerprint density at radius 3 is 2.62 bits per heavy atom. The van der Waals surface area contributed by atoms with Gasteiger partial charge in [0.1, 0.15) is 0 Å². The van der Waals surface area contributed by atoms with E-state index in [0.29, 0.717) is 12.5 Å². The van der Waals surface area contributed by atoms with Crippen molar-refractivity contribution >= 4 is 26.5 Å². The van der Waals surface area contributed by atoms with E-state index in [2.05, 4.69) is 15.0 Å². The molecule has 0 radical (unpaired) electrons. The molecule has 2 N–H and O–H groups in total. The molecule has 0 atom stereocenters. The first-order chi connectivity index (χ1) is 9.76. The zero-order chi connectivity index (χ0) is 15.5. The van der Waals surface area contributed by atoms with Crippen molar-refractivity contribution < 1.29 is 21.6 Å². The number of thiazole rings is 1. The van der Waals surface area contributed by atoms with Crippen LogP contribution in [0.15, 0.2) is 5.38 Å². The molecule has 0 saturated heterocycles. The quantitative estimate of drug-likeness (QED) is 0.797. The molecule has 0 amide bonds. The Balaban J connectivity index is 1.74. The van der Waals surface area contributed by atoms with Crippen molar-refractivity contribution in [3.63, 3.8) is 0 Å². The largest absolute Gasteiger partial charge is 0.434 e. The van der Waals surface area contributed by atoms with Gasteiger partial charge in [0.2, 0.25) is 10.0 Å². The van der Waals surface area contributed by atoms with E-state index < -0.39 is 21.9 Å². The monoisotopic (exact) mass is 343 g/mol. The van der Waals surface area contributed by atoms with Crippen molar-refractivity contribution in [1.82, 2.24) is 9.71 Å². The fourth-order valence-corrected chi connectivity index (χ4v) is 3.54. The number of sulfonamides is 1. The fourth-order valence-electron chi connectivity index (χ4n) is 1.79. The van der Waals surface area contributed by atoms with Gasteiger partial charge in [-0.2, -0.15) is 13.2 Å². The second-order valence-corrected chi connectivity index (χ2v) is 7.71. The zero-order valence-electron chi connectivity index (χ0n) is 11.1. The summed E-state index contributed by atoms with van der Waals surface area (Å²) in [6.07, 6.45) is -1.26. The van der Waals surface area contributed by atoms with Gasteiger partial charge in [-0.15, -0.1) is 11.3 Å². The predicted octanol–water partition coefficient (Wildman–Crippen LogP) is 2.29. The third kappa shape index (κ3) is 5.11. The number of hydrogen-bond acceptors (Lipinski definition) is 5. The van der Waals surface area contributed by atoms with E-state index in [4.69, 9.17) is 0 Å². The molecule has 1 aromatic heterocycles. The van der Waals surface area contributed by atoms with Crippen molar-refractivity contribution in [1.29, 1.82) is 0 Å². The second kappa shape index (κ2) is 6.49. The number of nitrogens with zero attached hydrogens (tertiary/aromatic N) is 1. The Hall–Kier alpha value is -0.870. The molecule has 1 saturated carbocycles. The van der Waals surface area contributed by atoms with Crippen LogP contribution in [0, 0.1) is 5.92 Å². The standard InChI is InChI=1S/C11H16F3N3O2S2/c12-11(13,14)9-7-20-10(17-9)15-4-5-21(18,19)16-6-8-2-1-3-8/h7-8,16H,1-6H2,(H,15,17). The van der Waals surface area contributed by atoms with Crippen LogP contribution < -0.4 is 10.0 Å². The van der Waals surface area contributed by atoms with Crippen molar-refractivity contribution in [2.24, 2.45) is 5.92 Å². The minimum atomic E-state index is -4.48. The highest BCUT2D eigenvalue weighted by molar-refractivity contribution is 7.89. The molecule has 10 heteroatoms. The number of nitrogens with one attached hydrogen (secondary N) is 2. The van der Waals surface area contributed by atoms with Crippen LogP contribution in [-0.4, -0.2) is 32.2 Å². The molecule has 1 aromatic rings. The summed E-state index contributed by atoms with van der Waals surface area (Å²) in [5.41, 5.74) is -0.971. The van der Waals surface area contributed by atoms with Gasteiger partial charge in [-0.1, -0.05) is 6.42 Å². The van der Waals surface area contributed by atoms with Gasteiger partial charge in [-0.25, -0.2) is 18.1 Å². The zero-order valence-corrected chi connectivity index (χ0v) is 12.7. The average Bonchev–Trinajstić information content (AvgIpc) is 2.74. The lowest BCUT2D eigenvalue weighted by molar-refractivity contribution is -0.140. The molecule has 0 unspecified atom stereocenters. The van der Waals surface area contributed by atoms with Gasteiger partial charge in [0.15, 0.2) is 10.8 Å². The molecule has 5 nitrogen and oxygen atoms in total. The Bertz CT molecular complexity index is 568. The smallest absolute Gasteiger partial charge is 0.360 e. The first kappa shape index (κ1) is 16.5. The summed E-state index contributed by atoms with van der Waals surface area (Å²) in [7, 11) is -3.40. The summed E-state index contributed by atoms with van der Waals surface area (Å²) < 4.78 is 62.9. The van der Waals surface area contributed by atoms with E-state index in [1.807, 2.05) is 0 Å². The van der Waals surface area contributed by atoms with Gasteiger partial charge in [0.05, 0.1) is 5.75 Å². The van der Waals surface area contributed by atoms with Gasteiger partial charge >= 0.3 is 6.18 Å². The molecule has 1 aliphatic rings. The summed E-state index contributed by atoms with van der Waals surface area (Å²) in [5.74, 6) is 0.224. The first-order valence-corrected chi connectivity index (χ1v) is 9.03.